The van der Waals surface area contributed by atoms with Crippen molar-refractivity contribution in [3.8, 4) is 22.4 Å². The zero-order valence-corrected chi connectivity index (χ0v) is 35.0. The van der Waals surface area contributed by atoms with Crippen LogP contribution in [-0.4, -0.2) is 76.6 Å². The first-order chi connectivity index (χ1) is 27.8. The maximum atomic E-state index is 14.5. The van der Waals surface area contributed by atoms with Gasteiger partial charge in [0.15, 0.2) is 0 Å². The van der Waals surface area contributed by atoms with E-state index in [2.05, 4.69) is 52.0 Å². The van der Waals surface area contributed by atoms with Crippen molar-refractivity contribution in [1.82, 2.24) is 30.5 Å². The van der Waals surface area contributed by atoms with E-state index in [-0.39, 0.29) is 57.2 Å². The van der Waals surface area contributed by atoms with E-state index in [4.69, 9.17) is 21.3 Å². The summed E-state index contributed by atoms with van der Waals surface area (Å²) in [4.78, 5) is 52.8. The monoisotopic (exact) mass is 836 g/mol. The third kappa shape index (κ3) is 10.4. The number of hydrogen-bond acceptors (Lipinski definition) is 8. The van der Waals surface area contributed by atoms with Gasteiger partial charge in [-0.25, -0.2) is 14.8 Å². The lowest BCUT2D eigenvalue weighted by atomic mass is 9.97. The highest BCUT2D eigenvalue weighted by molar-refractivity contribution is 6.34. The van der Waals surface area contributed by atoms with E-state index in [1.54, 1.807) is 47.5 Å². The van der Waals surface area contributed by atoms with Crippen molar-refractivity contribution >= 4 is 41.0 Å². The molecule has 316 valence electrons. The number of halogens is 4. The number of imidazole rings is 1. The van der Waals surface area contributed by atoms with Gasteiger partial charge in [0, 0.05) is 37.1 Å². The van der Waals surface area contributed by atoms with Crippen LogP contribution in [-0.2, 0) is 15.7 Å². The van der Waals surface area contributed by atoms with Crippen LogP contribution in [0, 0.1) is 23.2 Å². The molecule has 0 radical (unpaired) electrons. The molecule has 2 aromatic carbocycles. The lowest BCUT2D eigenvalue weighted by Gasteiger charge is -2.30. The molecule has 0 bridgehead atoms. The normalized spacial score (nSPS) is 19.6. The third-order valence-corrected chi connectivity index (χ3v) is 11.6. The number of nitrogens with zero attached hydrogens (tertiary/aromatic N) is 3. The van der Waals surface area contributed by atoms with Crippen molar-refractivity contribution in [3.05, 3.63) is 82.9 Å². The highest BCUT2D eigenvalue weighted by Gasteiger charge is 2.45. The second-order valence-electron chi connectivity index (χ2n) is 16.8. The van der Waals surface area contributed by atoms with Crippen molar-refractivity contribution in [1.29, 1.82) is 0 Å². The molecule has 0 unspecified atom stereocenters. The Morgan fingerprint density at radius 2 is 1.76 bits per heavy atom. The number of methoxy groups -OCH3 is 1. The summed E-state index contributed by atoms with van der Waals surface area (Å²) >= 11 is 6.52. The Morgan fingerprint density at radius 1 is 1.07 bits per heavy atom. The molecule has 2 aliphatic rings. The summed E-state index contributed by atoms with van der Waals surface area (Å²) in [6, 6.07) is 10.7. The Kier molecular flexibility index (Phi) is 13.0. The number of benzene rings is 2. The average Bonchev–Trinajstić information content (AvgIpc) is 3.49. The van der Waals surface area contributed by atoms with Crippen LogP contribution in [0.3, 0.4) is 0 Å². The number of carbonyl (C=O) groups is 3. The van der Waals surface area contributed by atoms with Gasteiger partial charge in [-0.15, -0.1) is 0 Å². The molecule has 2 fully saturated rings. The van der Waals surface area contributed by atoms with Gasteiger partial charge in [0.1, 0.15) is 17.7 Å². The van der Waals surface area contributed by atoms with Crippen molar-refractivity contribution in [2.75, 3.05) is 37.4 Å². The van der Waals surface area contributed by atoms with E-state index < -0.39 is 29.8 Å². The zero-order chi connectivity index (χ0) is 42.8. The number of pyridine rings is 1. The smallest absolute Gasteiger partial charge is 0.417 e. The van der Waals surface area contributed by atoms with Crippen LogP contribution in [0.25, 0.3) is 22.4 Å². The highest BCUT2D eigenvalue weighted by Crippen LogP contribution is 2.51. The molecule has 1 aliphatic carbocycles. The first-order valence-corrected chi connectivity index (χ1v) is 20.2. The van der Waals surface area contributed by atoms with Gasteiger partial charge in [0.25, 0.3) is 5.91 Å². The van der Waals surface area contributed by atoms with Crippen molar-refractivity contribution in [2.45, 2.75) is 78.7 Å². The molecule has 5 atom stereocenters. The van der Waals surface area contributed by atoms with Crippen LogP contribution < -0.4 is 21.3 Å². The molecule has 3 amide bonds. The SMILES string of the molecule is COC(=O)N[C@H](C(=O)N1C[C@@H](C)C[C@H]1c1nc(-c2ccc(-c3cc(Cl)c(NC(=O)c4ccc(NC[C@H](C)NC[C@H]5CC5(C)C)nc4)cc3C(F)(F)F)cc2)c[nH]1)C(C)C. The molecule has 1 aliphatic heterocycles. The number of rotatable bonds is 14. The lowest BCUT2D eigenvalue weighted by molar-refractivity contribution is -0.137. The molecule has 12 nitrogen and oxygen atoms in total. The van der Waals surface area contributed by atoms with Gasteiger partial charge in [-0.05, 0) is 84.9 Å². The predicted octanol–water partition coefficient (Wildman–Crippen LogP) is 8.79. The standard InChI is InChI=1S/C43H52ClF3N8O4/c1-23(2)37(54-41(58)59-7)40(57)55-22-24(3)14-35(55)38-51-21-34(52-38)27-10-8-26(9-11-27)30-15-32(44)33(16-31(30)43(45,46)47)53-39(56)28-12-13-36(50-19-28)49-18-25(4)48-20-29-17-42(29,5)6/h8-13,15-16,19,21,23-25,29,35,37,48H,14,17-18,20,22H2,1-7H3,(H,49,50)(H,51,52)(H,53,56)(H,54,58)/t24-,25-,29+,35-,37-/m0/s1. The molecule has 1 saturated heterocycles. The van der Waals surface area contributed by atoms with E-state index in [9.17, 15) is 27.6 Å². The van der Waals surface area contributed by atoms with Crippen molar-refractivity contribution < 1.29 is 32.3 Å². The number of amides is 3. The van der Waals surface area contributed by atoms with Crippen LogP contribution in [0.4, 0.5) is 29.5 Å². The van der Waals surface area contributed by atoms with Crippen LogP contribution in [0.15, 0.2) is 60.9 Å². The predicted molar refractivity (Wildman–Crippen MR) is 222 cm³/mol. The zero-order valence-electron chi connectivity index (χ0n) is 34.3. The Morgan fingerprint density at radius 3 is 2.37 bits per heavy atom. The number of alkyl halides is 3. The molecule has 59 heavy (non-hydrogen) atoms. The number of H-pyrrole nitrogens is 1. The average molecular weight is 837 g/mol. The number of anilines is 2. The summed E-state index contributed by atoms with van der Waals surface area (Å²) < 4.78 is 48.4. The fourth-order valence-electron chi connectivity index (χ4n) is 7.47. The number of alkyl carbamates (subject to hydrolysis) is 1. The number of likely N-dealkylation sites (tertiary alicyclic amines) is 1. The highest BCUT2D eigenvalue weighted by atomic mass is 35.5. The summed E-state index contributed by atoms with van der Waals surface area (Å²) in [5.41, 5.74) is 0.654. The number of carbonyl (C=O) groups excluding carboxylic acids is 3. The first kappa shape index (κ1) is 43.4. The number of aromatic nitrogens is 3. The van der Waals surface area contributed by atoms with Crippen LogP contribution in [0.1, 0.15) is 82.2 Å². The van der Waals surface area contributed by atoms with Crippen molar-refractivity contribution in [3.63, 3.8) is 0 Å². The van der Waals surface area contributed by atoms with E-state index in [0.717, 1.165) is 12.6 Å². The molecule has 2 aromatic heterocycles. The summed E-state index contributed by atoms with van der Waals surface area (Å²) in [6.45, 7) is 14.4. The summed E-state index contributed by atoms with van der Waals surface area (Å²) in [5, 5.41) is 11.9. The second-order valence-corrected chi connectivity index (χ2v) is 17.2. The number of aromatic amines is 1. The van der Waals surface area contributed by atoms with E-state index in [1.165, 1.54) is 25.8 Å². The number of ether oxygens (including phenoxy) is 1. The van der Waals surface area contributed by atoms with Gasteiger partial charge >= 0.3 is 12.3 Å². The molecule has 6 rings (SSSR count). The van der Waals surface area contributed by atoms with Gasteiger partial charge in [-0.3, -0.25) is 9.59 Å². The molecular formula is C43H52ClF3N8O4. The van der Waals surface area contributed by atoms with Gasteiger partial charge in [-0.2, -0.15) is 13.2 Å². The number of nitrogens with one attached hydrogen (secondary N) is 5. The second kappa shape index (κ2) is 17.6. The van der Waals surface area contributed by atoms with Crippen molar-refractivity contribution in [2.24, 2.45) is 23.2 Å². The minimum absolute atomic E-state index is 0.0731. The third-order valence-electron chi connectivity index (χ3n) is 11.3. The molecule has 16 heteroatoms. The Hall–Kier alpha value is -5.15. The molecule has 0 spiro atoms. The summed E-state index contributed by atoms with van der Waals surface area (Å²) in [7, 11) is 1.24. The fraction of sp³-hybridized carbons (Fsp3) is 0.465. The maximum absolute atomic E-state index is 14.5. The number of hydrogen-bond donors (Lipinski definition) is 5. The Labute approximate surface area is 347 Å². The molecule has 3 heterocycles. The van der Waals surface area contributed by atoms with E-state index in [1.807, 2.05) is 20.8 Å². The molecular weight excluding hydrogens is 785 g/mol. The fourth-order valence-corrected chi connectivity index (χ4v) is 7.68. The molecule has 1 saturated carbocycles. The van der Waals surface area contributed by atoms with Gasteiger partial charge < -0.3 is 35.9 Å². The topological polar surface area (TPSA) is 153 Å². The van der Waals surface area contributed by atoms with Gasteiger partial charge in [0.05, 0.1) is 40.7 Å². The molecule has 4 aromatic rings. The summed E-state index contributed by atoms with van der Waals surface area (Å²) in [5.74, 6) is 0.880. The lowest BCUT2D eigenvalue weighted by Crippen LogP contribution is -2.51. The minimum atomic E-state index is -4.77. The van der Waals surface area contributed by atoms with E-state index >= 15 is 0 Å². The van der Waals surface area contributed by atoms with Gasteiger partial charge in [0.2, 0.25) is 5.91 Å². The van der Waals surface area contributed by atoms with Crippen LogP contribution >= 0.6 is 11.6 Å². The Bertz CT molecular complexity index is 2140. The summed E-state index contributed by atoms with van der Waals surface area (Å²) in [6.07, 6.45) is -0.553. The first-order valence-electron chi connectivity index (χ1n) is 19.8. The van der Waals surface area contributed by atoms with Crippen LogP contribution in [0.5, 0.6) is 0 Å². The maximum Gasteiger partial charge on any atom is 0.417 e. The molecule has 5 N–H and O–H groups in total. The Balaban J connectivity index is 1.13. The largest absolute Gasteiger partial charge is 0.453 e. The van der Waals surface area contributed by atoms with Crippen LogP contribution in [0.2, 0.25) is 5.02 Å². The van der Waals surface area contributed by atoms with E-state index in [0.29, 0.717) is 53.7 Å². The quantitative estimate of drug-likeness (QED) is 0.0845. The minimum Gasteiger partial charge on any atom is -0.453 e. The van der Waals surface area contributed by atoms with Gasteiger partial charge in [-0.1, -0.05) is 70.5 Å².